The number of hydrogen-bond acceptors (Lipinski definition) is 25. The molecule has 0 aromatic carbocycles. The summed E-state index contributed by atoms with van der Waals surface area (Å²) in [5.74, 6) is 6.70. The van der Waals surface area contributed by atoms with Gasteiger partial charge in [-0.3, -0.25) is 43.1 Å². The smallest absolute Gasteiger partial charge is 0.328 e. The van der Waals surface area contributed by atoms with Crippen LogP contribution in [0.3, 0.4) is 0 Å². The highest BCUT2D eigenvalue weighted by Gasteiger charge is 2.49. The molecule has 33 heteroatoms. The number of hydrogen-bond donors (Lipinski definition) is 16. The van der Waals surface area contributed by atoms with Gasteiger partial charge in [0.15, 0.2) is 18.9 Å². The number of carbonyl (C=O) groups excluding carboxylic acids is 1. The van der Waals surface area contributed by atoms with Gasteiger partial charge in [0.25, 0.3) is 11.1 Å². The van der Waals surface area contributed by atoms with Crippen molar-refractivity contribution in [1.82, 2.24) is 39.0 Å². The third-order valence-corrected chi connectivity index (χ3v) is 14.4. The number of amides is 1. The molecule has 0 radical (unpaired) electrons. The lowest BCUT2D eigenvalue weighted by Gasteiger charge is -2.44. The Morgan fingerprint density at radius 2 is 1.25 bits per heavy atom. The van der Waals surface area contributed by atoms with E-state index in [0.29, 0.717) is 16.6 Å². The maximum atomic E-state index is 13.4. The third kappa shape index (κ3) is 16.1. The number of nitrogens with two attached hydrogens (primary N) is 1. The van der Waals surface area contributed by atoms with Crippen LogP contribution in [0.1, 0.15) is 55.7 Å². The fourth-order valence-corrected chi connectivity index (χ4v) is 9.55. The van der Waals surface area contributed by atoms with Crippen molar-refractivity contribution in [3.63, 3.8) is 0 Å². The lowest BCUT2D eigenvalue weighted by molar-refractivity contribution is -0.337. The summed E-state index contributed by atoms with van der Waals surface area (Å²) in [7, 11) is 0. The largest absolute Gasteiger partial charge is 0.481 e. The Bertz CT molecular complexity index is 3430. The van der Waals surface area contributed by atoms with Crippen LogP contribution in [0.4, 0.5) is 5.82 Å². The minimum absolute atomic E-state index is 0.0403. The Labute approximate surface area is 479 Å². The minimum atomic E-state index is -2.04. The van der Waals surface area contributed by atoms with Crippen molar-refractivity contribution in [1.29, 1.82) is 0 Å². The molecule has 17 unspecified atom stereocenters. The molecule has 3 aliphatic heterocycles. The van der Waals surface area contributed by atoms with Gasteiger partial charge in [-0.05, 0) is 24.3 Å². The van der Waals surface area contributed by atoms with Gasteiger partial charge >= 0.3 is 23.3 Å². The number of rotatable bonds is 22. The normalized spacial score (nSPS) is 28.4. The summed E-state index contributed by atoms with van der Waals surface area (Å²) in [6, 6.07) is -1.72. The van der Waals surface area contributed by atoms with E-state index < -0.39 is 164 Å². The fraction of sp³-hybridized carbons (Fsp3) is 0.558. The molecule has 0 saturated carbocycles. The molecule has 4 aromatic heterocycles. The van der Waals surface area contributed by atoms with Gasteiger partial charge in [0, 0.05) is 57.1 Å². The van der Waals surface area contributed by atoms with Crippen molar-refractivity contribution in [2.24, 2.45) is 11.8 Å². The number of anilines is 1. The number of nitrogen functional groups attached to an aromatic ring is 1. The van der Waals surface area contributed by atoms with E-state index in [1.807, 2.05) is 0 Å². The summed E-state index contributed by atoms with van der Waals surface area (Å²) in [5.41, 5.74) is 3.21. The fourth-order valence-electron chi connectivity index (χ4n) is 9.55. The zero-order valence-electron chi connectivity index (χ0n) is 45.1. The summed E-state index contributed by atoms with van der Waals surface area (Å²) >= 11 is 0. The van der Waals surface area contributed by atoms with Gasteiger partial charge < -0.3 is 101 Å². The molecule has 17 N–H and O–H groups in total. The first-order chi connectivity index (χ1) is 40.4. The van der Waals surface area contributed by atoms with Crippen molar-refractivity contribution in [2.75, 3.05) is 25.6 Å². The highest BCUT2D eigenvalue weighted by atomic mass is 16.7. The number of carbonyl (C=O) groups is 3. The van der Waals surface area contributed by atoms with E-state index in [2.05, 4.69) is 48.9 Å². The topological polar surface area (TPSA) is 519 Å². The van der Waals surface area contributed by atoms with Gasteiger partial charge in [0.05, 0.1) is 49.2 Å². The summed E-state index contributed by atoms with van der Waals surface area (Å²) in [4.78, 5) is 101. The molecule has 0 bridgehead atoms. The maximum absolute atomic E-state index is 13.4. The van der Waals surface area contributed by atoms with E-state index >= 15 is 0 Å². The van der Waals surface area contributed by atoms with Crippen LogP contribution in [0.25, 0.3) is 17.1 Å². The van der Waals surface area contributed by atoms with Crippen LogP contribution in [-0.4, -0.2) is 225 Å². The van der Waals surface area contributed by atoms with E-state index in [0.717, 1.165) is 22.9 Å². The van der Waals surface area contributed by atoms with Crippen molar-refractivity contribution < 1.29 is 99.3 Å². The second kappa shape index (κ2) is 29.0. The van der Waals surface area contributed by atoms with Gasteiger partial charge in [-0.2, -0.15) is 0 Å². The quantitative estimate of drug-likeness (QED) is 0.0257. The number of H-pyrrole nitrogens is 2. The minimum Gasteiger partial charge on any atom is -0.481 e. The molecule has 33 nitrogen and oxygen atoms in total. The van der Waals surface area contributed by atoms with Crippen molar-refractivity contribution in [2.45, 2.75) is 151 Å². The van der Waals surface area contributed by atoms with Gasteiger partial charge in [0.2, 0.25) is 5.91 Å². The summed E-state index contributed by atoms with van der Waals surface area (Å²) in [5, 5.41) is 125. The Morgan fingerprint density at radius 3 is 1.86 bits per heavy atom. The molecule has 3 fully saturated rings. The highest BCUT2D eigenvalue weighted by molar-refractivity contribution is 5.92. The van der Waals surface area contributed by atoms with E-state index in [9.17, 15) is 84.6 Å². The van der Waals surface area contributed by atoms with Crippen molar-refractivity contribution in [3.8, 4) is 23.7 Å². The molecular formula is C52H65N9O24. The molecular weight excluding hydrogens is 1130 g/mol. The average molecular weight is 1200 g/mol. The van der Waals surface area contributed by atoms with Gasteiger partial charge in [0.1, 0.15) is 96.5 Å². The van der Waals surface area contributed by atoms with Crippen LogP contribution in [0.2, 0.25) is 0 Å². The molecule has 3 aliphatic rings. The van der Waals surface area contributed by atoms with Crippen LogP contribution >= 0.6 is 0 Å². The molecule has 3 saturated heterocycles. The molecule has 17 atom stereocenters. The number of nitrogens with one attached hydrogen (secondary N) is 3. The van der Waals surface area contributed by atoms with E-state index in [1.165, 1.54) is 17.1 Å². The number of aliphatic carboxylic acids is 2. The molecule has 462 valence electrons. The Morgan fingerprint density at radius 1 is 0.706 bits per heavy atom. The first kappa shape index (κ1) is 65.0. The molecule has 0 spiro atoms. The number of aliphatic hydroxyl groups is 10. The van der Waals surface area contributed by atoms with Crippen LogP contribution in [0, 0.1) is 35.5 Å². The van der Waals surface area contributed by atoms with Crippen LogP contribution in [0.5, 0.6) is 0 Å². The number of ether oxygens (including phenoxy) is 5. The molecule has 7 rings (SSSR count). The van der Waals surface area contributed by atoms with Gasteiger partial charge in [-0.25, -0.2) is 19.6 Å². The summed E-state index contributed by atoms with van der Waals surface area (Å²) in [6.45, 7) is -0.531. The monoisotopic (exact) mass is 1200 g/mol. The maximum Gasteiger partial charge on any atom is 0.328 e. The molecule has 1 amide bonds. The number of aliphatic hydroxyl groups excluding tert-OH is 10. The summed E-state index contributed by atoms with van der Waals surface area (Å²) < 4.78 is 31.2. The van der Waals surface area contributed by atoms with Gasteiger partial charge in [-0.15, -0.1) is 0 Å². The van der Waals surface area contributed by atoms with Crippen LogP contribution in [0.15, 0.2) is 50.2 Å². The molecule has 4 aromatic rings. The zero-order valence-corrected chi connectivity index (χ0v) is 45.1. The lowest BCUT2D eigenvalue weighted by atomic mass is 9.90. The first-order valence-electron chi connectivity index (χ1n) is 26.5. The zero-order chi connectivity index (χ0) is 62.0. The predicted octanol–water partition coefficient (Wildman–Crippen LogP) is -7.23. The van der Waals surface area contributed by atoms with Crippen molar-refractivity contribution >= 4 is 40.8 Å². The van der Waals surface area contributed by atoms with Crippen LogP contribution < -0.4 is 33.5 Å². The van der Waals surface area contributed by atoms with Crippen LogP contribution in [-0.2, 0) is 57.7 Å². The Balaban J connectivity index is 1.02. The second-order valence-corrected chi connectivity index (χ2v) is 20.4. The molecule has 0 aliphatic carbocycles. The Kier molecular flexibility index (Phi) is 22.2. The lowest BCUT2D eigenvalue weighted by Crippen LogP contribution is -2.65. The molecule has 85 heavy (non-hydrogen) atoms. The number of aromatic nitrogens is 7. The van der Waals surface area contributed by atoms with Gasteiger partial charge in [-0.1, -0.05) is 30.6 Å². The second-order valence-electron chi connectivity index (χ2n) is 20.4. The number of aryl methyl sites for hydroxylation is 1. The predicted molar refractivity (Wildman–Crippen MR) is 286 cm³/mol. The number of fused-ring (bicyclic) bond motifs is 1. The standard InChI is InChI=1S/C52H65N9O24/c1-23(24(15-61-17-26(46(76)57-52(61)80)7-3-5-9-33(66)67)12-13-59-16-25(6-2-4-8-32(64)65)34-44(53)54-22-55-45(34)59)14-60-18-27(47(77)58-51(60)79)10-11-31(63)56-35-39(71)37(69)29(83-48(35)78)20-81-50-43(75)41(73)38(70)30(85-50)21-82-49-42(74)40(72)36(68)28(19-62)84-49/h10-11,16-18,22-24,28-30,35-43,48-50,62,68-75,78H,4-5,8-9,12-15,19-21H2,1H3,(H,56,63)(H,64,65)(H,66,67)(H2,53,54,55)(H,57,76,80)(H,58,77,79)/b11-10+. The number of carboxylic acid groups (broad SMARTS) is 2. The van der Waals surface area contributed by atoms with E-state index in [1.54, 1.807) is 17.7 Å². The molecule has 7 heterocycles. The average Bonchev–Trinajstić information content (AvgIpc) is 3.95. The number of carboxylic acids is 2. The SMILES string of the molecule is CC(Cn1cc(/C=C/C(=O)NC2C(O)OC(COC3OC(COC4OC(CO)C(O)C(O)C4O)C(O)C(O)C3O)C(O)C2O)c(=O)[nH]c1=O)C(CCn1cc(C#CCCC(=O)O)c2c(N)ncnc21)Cn1cc(C#CCCC(=O)O)c(=O)[nH]c1=O. The first-order valence-corrected chi connectivity index (χ1v) is 26.5. The Hall–Kier alpha value is -7.55. The number of nitrogens with zero attached hydrogens (tertiary/aromatic N) is 5. The third-order valence-electron chi connectivity index (χ3n) is 14.4. The highest BCUT2D eigenvalue weighted by Crippen LogP contribution is 2.29. The van der Waals surface area contributed by atoms with E-state index in [-0.39, 0.29) is 68.7 Å². The van der Waals surface area contributed by atoms with E-state index in [4.69, 9.17) is 39.6 Å². The number of aromatic amines is 2. The summed E-state index contributed by atoms with van der Waals surface area (Å²) in [6.07, 6.45) is -18.1. The van der Waals surface area contributed by atoms with Crippen molar-refractivity contribution in [3.05, 3.63) is 89.4 Å².